The summed E-state index contributed by atoms with van der Waals surface area (Å²) in [4.78, 5) is 25.1. The van der Waals surface area contributed by atoms with Gasteiger partial charge in [-0.05, 0) is 49.2 Å². The van der Waals surface area contributed by atoms with Crippen LogP contribution < -0.4 is 4.90 Å². The van der Waals surface area contributed by atoms with Gasteiger partial charge in [0.05, 0.1) is 12.2 Å². The van der Waals surface area contributed by atoms with Crippen LogP contribution in [0.15, 0.2) is 74.4 Å². The minimum Gasteiger partial charge on any atom is -0.334 e. The maximum absolute atomic E-state index is 13.8. The summed E-state index contributed by atoms with van der Waals surface area (Å²) >= 11 is 3.29. The molecule has 160 valence electrons. The van der Waals surface area contributed by atoms with Crippen molar-refractivity contribution in [1.29, 1.82) is 0 Å². The Bertz CT molecular complexity index is 1030. The Balaban J connectivity index is 1.51. The topological polar surface area (TPSA) is 35.9 Å². The third-order valence-corrected chi connectivity index (χ3v) is 8.50. The van der Waals surface area contributed by atoms with Crippen molar-refractivity contribution in [3.05, 3.63) is 70.1 Å². The van der Waals surface area contributed by atoms with Gasteiger partial charge in [-0.3, -0.25) is 14.7 Å². The molecule has 1 saturated heterocycles. The van der Waals surface area contributed by atoms with Crippen LogP contribution in [-0.4, -0.2) is 28.6 Å². The van der Waals surface area contributed by atoms with Gasteiger partial charge in [0.25, 0.3) is 5.91 Å². The van der Waals surface area contributed by atoms with Crippen molar-refractivity contribution >= 4 is 40.3 Å². The Morgan fingerprint density at radius 3 is 2.48 bits per heavy atom. The molecule has 0 aromatic heterocycles. The van der Waals surface area contributed by atoms with E-state index in [-0.39, 0.29) is 11.9 Å². The number of anilines is 1. The molecule has 2 aliphatic heterocycles. The van der Waals surface area contributed by atoms with Gasteiger partial charge in [0.2, 0.25) is 0 Å². The standard InChI is InChI=1S/C25H27N3OS2/c1-2-27-20-15-9-10-16-21(20)30-24(27)22-23(29)28(19-13-7-4-8-14-19)25(31-22)26-17-18-11-5-3-6-12-18/h3,5-6,9-12,15-16,19H,2,4,7-8,13-14,17H2,1H3/b24-22-,26-25?. The van der Waals surface area contributed by atoms with Crippen LogP contribution >= 0.6 is 23.5 Å². The second kappa shape index (κ2) is 9.13. The van der Waals surface area contributed by atoms with Crippen LogP contribution in [0.5, 0.6) is 0 Å². The lowest BCUT2D eigenvalue weighted by Gasteiger charge is -2.30. The quantitative estimate of drug-likeness (QED) is 0.517. The highest BCUT2D eigenvalue weighted by atomic mass is 32.2. The molecule has 31 heavy (non-hydrogen) atoms. The van der Waals surface area contributed by atoms with Crippen molar-refractivity contribution in [2.45, 2.75) is 56.5 Å². The minimum atomic E-state index is 0.137. The fourth-order valence-electron chi connectivity index (χ4n) is 4.55. The molecule has 0 N–H and O–H groups in total. The molecule has 0 bridgehead atoms. The number of nitrogens with zero attached hydrogens (tertiary/aromatic N) is 3. The molecule has 2 heterocycles. The van der Waals surface area contributed by atoms with Crippen LogP contribution in [0.4, 0.5) is 5.69 Å². The van der Waals surface area contributed by atoms with E-state index < -0.39 is 0 Å². The predicted molar refractivity (Wildman–Crippen MR) is 131 cm³/mol. The third-order valence-electron chi connectivity index (χ3n) is 6.11. The molecule has 2 fully saturated rings. The van der Waals surface area contributed by atoms with Gasteiger partial charge in [-0.1, -0.05) is 73.5 Å². The van der Waals surface area contributed by atoms with E-state index in [1.807, 2.05) is 23.1 Å². The zero-order chi connectivity index (χ0) is 21.2. The molecule has 1 aliphatic carbocycles. The predicted octanol–water partition coefficient (Wildman–Crippen LogP) is 6.25. The van der Waals surface area contributed by atoms with Crippen molar-refractivity contribution < 1.29 is 4.79 Å². The number of benzene rings is 2. The van der Waals surface area contributed by atoms with Crippen LogP contribution in [0, 0.1) is 0 Å². The lowest BCUT2D eigenvalue weighted by atomic mass is 9.94. The lowest BCUT2D eigenvalue weighted by molar-refractivity contribution is -0.124. The van der Waals surface area contributed by atoms with Gasteiger partial charge in [0.1, 0.15) is 9.93 Å². The molecular formula is C25H27N3OS2. The van der Waals surface area contributed by atoms with Crippen molar-refractivity contribution in [2.75, 3.05) is 11.4 Å². The molecule has 5 rings (SSSR count). The van der Waals surface area contributed by atoms with Crippen molar-refractivity contribution in [1.82, 2.24) is 4.90 Å². The van der Waals surface area contributed by atoms with Crippen LogP contribution in [0.2, 0.25) is 0 Å². The average molecular weight is 450 g/mol. The van der Waals surface area contributed by atoms with E-state index in [1.165, 1.54) is 35.4 Å². The minimum absolute atomic E-state index is 0.137. The SMILES string of the molecule is CCN1/C(=C2/SC(=NCc3ccccc3)N(C3CCCCC3)C2=O)Sc2ccccc21. The van der Waals surface area contributed by atoms with E-state index in [2.05, 4.69) is 48.2 Å². The summed E-state index contributed by atoms with van der Waals surface area (Å²) in [6, 6.07) is 19.0. The van der Waals surface area contributed by atoms with Gasteiger partial charge in [-0.15, -0.1) is 0 Å². The van der Waals surface area contributed by atoms with Gasteiger partial charge in [0.15, 0.2) is 5.17 Å². The van der Waals surface area contributed by atoms with E-state index in [0.717, 1.165) is 34.5 Å². The summed E-state index contributed by atoms with van der Waals surface area (Å²) < 4.78 is 0. The second-order valence-corrected chi connectivity index (χ2v) is 10.1. The fourth-order valence-corrected chi connectivity index (χ4v) is 6.98. The molecule has 1 amide bonds. The molecule has 0 spiro atoms. The highest BCUT2D eigenvalue weighted by Crippen LogP contribution is 2.51. The number of carbonyl (C=O) groups excluding carboxylic acids is 1. The molecule has 6 heteroatoms. The third kappa shape index (κ3) is 4.03. The molecule has 1 saturated carbocycles. The largest absolute Gasteiger partial charge is 0.334 e. The number of rotatable bonds is 4. The van der Waals surface area contributed by atoms with Gasteiger partial charge in [-0.2, -0.15) is 0 Å². The second-order valence-electron chi connectivity index (χ2n) is 8.10. The van der Waals surface area contributed by atoms with E-state index in [9.17, 15) is 4.79 Å². The zero-order valence-electron chi connectivity index (χ0n) is 17.8. The first-order chi connectivity index (χ1) is 15.3. The summed E-state index contributed by atoms with van der Waals surface area (Å²) in [6.07, 6.45) is 5.80. The Labute approximate surface area is 192 Å². The number of amidine groups is 1. The zero-order valence-corrected chi connectivity index (χ0v) is 19.4. The number of para-hydroxylation sites is 1. The number of aliphatic imine (C=N–C) groups is 1. The van der Waals surface area contributed by atoms with E-state index in [4.69, 9.17) is 4.99 Å². The van der Waals surface area contributed by atoms with E-state index >= 15 is 0 Å². The Morgan fingerprint density at radius 2 is 1.71 bits per heavy atom. The number of amides is 1. The van der Waals surface area contributed by atoms with Crippen LogP contribution in [0.3, 0.4) is 0 Å². The van der Waals surface area contributed by atoms with Gasteiger partial charge >= 0.3 is 0 Å². The summed E-state index contributed by atoms with van der Waals surface area (Å²) in [5.74, 6) is 0.137. The molecular weight excluding hydrogens is 422 g/mol. The summed E-state index contributed by atoms with van der Waals surface area (Å²) in [5.41, 5.74) is 2.37. The number of hydrogen-bond acceptors (Lipinski definition) is 5. The Kier molecular flexibility index (Phi) is 6.10. The van der Waals surface area contributed by atoms with Crippen LogP contribution in [0.1, 0.15) is 44.6 Å². The van der Waals surface area contributed by atoms with E-state index in [1.54, 1.807) is 23.5 Å². The normalized spacial score (nSPS) is 23.1. The maximum atomic E-state index is 13.8. The van der Waals surface area contributed by atoms with Crippen molar-refractivity contribution in [3.8, 4) is 0 Å². The summed E-state index contributed by atoms with van der Waals surface area (Å²) in [6.45, 7) is 3.60. The smallest absolute Gasteiger partial charge is 0.269 e. The monoisotopic (exact) mass is 449 g/mol. The van der Waals surface area contributed by atoms with Crippen molar-refractivity contribution in [2.24, 2.45) is 4.99 Å². The average Bonchev–Trinajstić information content (AvgIpc) is 3.35. The first-order valence-corrected chi connectivity index (χ1v) is 12.8. The van der Waals surface area contributed by atoms with Gasteiger partial charge in [0, 0.05) is 17.5 Å². The highest BCUT2D eigenvalue weighted by Gasteiger charge is 2.42. The van der Waals surface area contributed by atoms with Gasteiger partial charge < -0.3 is 4.90 Å². The summed E-state index contributed by atoms with van der Waals surface area (Å²) in [5, 5.41) is 1.93. The highest BCUT2D eigenvalue weighted by molar-refractivity contribution is 8.19. The summed E-state index contributed by atoms with van der Waals surface area (Å²) in [7, 11) is 0. The van der Waals surface area contributed by atoms with E-state index in [0.29, 0.717) is 6.54 Å². The maximum Gasteiger partial charge on any atom is 0.269 e. The number of hydrogen-bond donors (Lipinski definition) is 0. The van der Waals surface area contributed by atoms with Crippen molar-refractivity contribution in [3.63, 3.8) is 0 Å². The van der Waals surface area contributed by atoms with Crippen LogP contribution in [0.25, 0.3) is 0 Å². The molecule has 0 atom stereocenters. The first-order valence-electron chi connectivity index (χ1n) is 11.1. The number of thioether (sulfide) groups is 2. The molecule has 2 aromatic rings. The number of carbonyl (C=O) groups is 1. The molecule has 0 unspecified atom stereocenters. The van der Waals surface area contributed by atoms with Gasteiger partial charge in [-0.25, -0.2) is 0 Å². The number of fused-ring (bicyclic) bond motifs is 1. The molecule has 0 radical (unpaired) electrons. The fraction of sp³-hybridized carbons (Fsp3) is 0.360. The first kappa shape index (κ1) is 20.7. The lowest BCUT2D eigenvalue weighted by Crippen LogP contribution is -2.40. The molecule has 2 aromatic carbocycles. The Hall–Kier alpha value is -2.18. The molecule has 3 aliphatic rings. The molecule has 4 nitrogen and oxygen atoms in total. The Morgan fingerprint density at radius 1 is 0.968 bits per heavy atom. The van der Waals surface area contributed by atoms with Crippen LogP contribution in [-0.2, 0) is 11.3 Å².